The van der Waals surface area contributed by atoms with Crippen molar-refractivity contribution in [1.29, 1.82) is 0 Å². The zero-order valence-corrected chi connectivity index (χ0v) is 11.6. The van der Waals surface area contributed by atoms with Gasteiger partial charge in [-0.1, -0.05) is 12.1 Å². The van der Waals surface area contributed by atoms with Crippen LogP contribution in [-0.2, 0) is 9.59 Å². The molecule has 0 aliphatic carbocycles. The minimum atomic E-state index is -0.512. The zero-order chi connectivity index (χ0) is 14.6. The number of hydrogen-bond acceptors (Lipinski definition) is 3. The van der Waals surface area contributed by atoms with Gasteiger partial charge in [0.25, 0.3) is 0 Å². The lowest BCUT2D eigenvalue weighted by Crippen LogP contribution is -2.44. The van der Waals surface area contributed by atoms with E-state index in [1.165, 1.54) is 4.90 Å². The molecular weight excluding hydrogens is 242 g/mol. The van der Waals surface area contributed by atoms with E-state index in [-0.39, 0.29) is 24.4 Å². The number of benzene rings is 1. The third-order valence-corrected chi connectivity index (χ3v) is 3.01. The van der Waals surface area contributed by atoms with E-state index in [1.54, 1.807) is 19.1 Å². The lowest BCUT2D eigenvalue weighted by Gasteiger charge is -2.28. The minimum absolute atomic E-state index is 0.0663. The molecular formula is C14H21N3O2. The van der Waals surface area contributed by atoms with Crippen LogP contribution in [0.25, 0.3) is 0 Å². The van der Waals surface area contributed by atoms with Crippen LogP contribution in [0, 0.1) is 0 Å². The molecule has 0 aliphatic heterocycles. The van der Waals surface area contributed by atoms with Crippen molar-refractivity contribution < 1.29 is 9.59 Å². The van der Waals surface area contributed by atoms with Crippen LogP contribution in [0.3, 0.4) is 0 Å². The Balaban J connectivity index is 2.93. The molecule has 0 aromatic heterocycles. The van der Waals surface area contributed by atoms with Gasteiger partial charge in [-0.05, 0) is 38.5 Å². The quantitative estimate of drug-likeness (QED) is 0.779. The Labute approximate surface area is 113 Å². The normalized spacial score (nSPS) is 12.2. The molecule has 0 saturated carbocycles. The van der Waals surface area contributed by atoms with Crippen molar-refractivity contribution in [3.8, 4) is 0 Å². The van der Waals surface area contributed by atoms with Crippen molar-refractivity contribution in [2.24, 2.45) is 5.73 Å². The van der Waals surface area contributed by atoms with Crippen LogP contribution >= 0.6 is 0 Å². The van der Waals surface area contributed by atoms with Crippen molar-refractivity contribution in [2.45, 2.75) is 32.7 Å². The summed E-state index contributed by atoms with van der Waals surface area (Å²) in [4.78, 5) is 24.9. The smallest absolute Gasteiger partial charge is 0.237 e. The van der Waals surface area contributed by atoms with Crippen LogP contribution < -0.4 is 11.5 Å². The van der Waals surface area contributed by atoms with E-state index >= 15 is 0 Å². The predicted molar refractivity (Wildman–Crippen MR) is 75.3 cm³/mol. The van der Waals surface area contributed by atoms with E-state index in [9.17, 15) is 9.59 Å². The van der Waals surface area contributed by atoms with Gasteiger partial charge >= 0.3 is 0 Å². The number of primary amides is 1. The lowest BCUT2D eigenvalue weighted by atomic mass is 9.98. The summed E-state index contributed by atoms with van der Waals surface area (Å²) in [6.07, 6.45) is 0. The van der Waals surface area contributed by atoms with Gasteiger partial charge in [0.1, 0.15) is 0 Å². The summed E-state index contributed by atoms with van der Waals surface area (Å²) in [7, 11) is 0. The van der Waals surface area contributed by atoms with Crippen molar-refractivity contribution in [3.63, 3.8) is 0 Å². The summed E-state index contributed by atoms with van der Waals surface area (Å²) < 4.78 is 0. The van der Waals surface area contributed by atoms with Gasteiger partial charge in [-0.3, -0.25) is 9.59 Å². The fraction of sp³-hybridized carbons (Fsp3) is 0.429. The maximum atomic E-state index is 12.4. The number of nitrogen functional groups attached to an aromatic ring is 1. The Morgan fingerprint density at radius 1 is 1.26 bits per heavy atom. The largest absolute Gasteiger partial charge is 0.399 e. The van der Waals surface area contributed by atoms with Gasteiger partial charge in [0.05, 0.1) is 12.5 Å². The monoisotopic (exact) mass is 263 g/mol. The number of amides is 2. The molecule has 5 heteroatoms. The molecule has 1 rings (SSSR count). The molecule has 1 unspecified atom stereocenters. The van der Waals surface area contributed by atoms with E-state index in [2.05, 4.69) is 0 Å². The first kappa shape index (κ1) is 15.0. The molecule has 1 aromatic rings. The first-order valence-corrected chi connectivity index (χ1v) is 6.27. The molecule has 2 amide bonds. The molecule has 0 saturated heterocycles. The van der Waals surface area contributed by atoms with Crippen molar-refractivity contribution in [1.82, 2.24) is 4.90 Å². The molecule has 0 spiro atoms. The Morgan fingerprint density at radius 3 is 2.37 bits per heavy atom. The van der Waals surface area contributed by atoms with E-state index in [4.69, 9.17) is 11.5 Å². The van der Waals surface area contributed by atoms with Gasteiger partial charge in [-0.25, -0.2) is 0 Å². The molecule has 0 aliphatic rings. The molecule has 0 heterocycles. The standard InChI is InChI=1S/C14H21N3O2/c1-9(2)17(8-13(16)18)14(19)10(3)11-5-4-6-12(15)7-11/h4-7,9-10H,8,15H2,1-3H3,(H2,16,18). The van der Waals surface area contributed by atoms with Gasteiger partial charge in [0.15, 0.2) is 0 Å². The van der Waals surface area contributed by atoms with E-state index in [0.717, 1.165) is 5.56 Å². The van der Waals surface area contributed by atoms with E-state index in [0.29, 0.717) is 5.69 Å². The minimum Gasteiger partial charge on any atom is -0.399 e. The first-order chi connectivity index (χ1) is 8.82. The summed E-state index contributed by atoms with van der Waals surface area (Å²) in [6.45, 7) is 5.44. The third kappa shape index (κ3) is 3.98. The highest BCUT2D eigenvalue weighted by Crippen LogP contribution is 2.21. The average molecular weight is 263 g/mol. The van der Waals surface area contributed by atoms with Crippen LogP contribution in [0.4, 0.5) is 5.69 Å². The first-order valence-electron chi connectivity index (χ1n) is 6.27. The highest BCUT2D eigenvalue weighted by atomic mass is 16.2. The SMILES string of the molecule is CC(C(=O)N(CC(N)=O)C(C)C)c1cccc(N)c1. The number of carbonyl (C=O) groups excluding carboxylic acids is 2. The van der Waals surface area contributed by atoms with Gasteiger partial charge < -0.3 is 16.4 Å². The molecule has 104 valence electrons. The van der Waals surface area contributed by atoms with Crippen LogP contribution in [0.5, 0.6) is 0 Å². The number of rotatable bonds is 5. The molecule has 19 heavy (non-hydrogen) atoms. The molecule has 0 radical (unpaired) electrons. The van der Waals surface area contributed by atoms with Gasteiger partial charge in [0, 0.05) is 11.7 Å². The molecule has 5 nitrogen and oxygen atoms in total. The van der Waals surface area contributed by atoms with E-state index < -0.39 is 5.91 Å². The lowest BCUT2D eigenvalue weighted by molar-refractivity contribution is -0.137. The molecule has 4 N–H and O–H groups in total. The Kier molecular flexibility index (Phi) is 4.92. The Bertz CT molecular complexity index is 472. The average Bonchev–Trinajstić information content (AvgIpc) is 2.33. The third-order valence-electron chi connectivity index (χ3n) is 3.01. The second kappa shape index (κ2) is 6.22. The van der Waals surface area contributed by atoms with Gasteiger partial charge in [0.2, 0.25) is 11.8 Å². The molecule has 1 atom stereocenters. The number of carbonyl (C=O) groups is 2. The topological polar surface area (TPSA) is 89.4 Å². The highest BCUT2D eigenvalue weighted by Gasteiger charge is 2.25. The zero-order valence-electron chi connectivity index (χ0n) is 11.6. The van der Waals surface area contributed by atoms with Crippen molar-refractivity contribution in [2.75, 3.05) is 12.3 Å². The molecule has 0 fully saturated rings. The van der Waals surface area contributed by atoms with Gasteiger partial charge in [-0.15, -0.1) is 0 Å². The van der Waals surface area contributed by atoms with E-state index in [1.807, 2.05) is 26.0 Å². The second-order valence-electron chi connectivity index (χ2n) is 4.92. The van der Waals surface area contributed by atoms with Gasteiger partial charge in [-0.2, -0.15) is 0 Å². The summed E-state index contributed by atoms with van der Waals surface area (Å²) in [6, 6.07) is 7.11. The fourth-order valence-electron chi connectivity index (χ4n) is 1.90. The summed E-state index contributed by atoms with van der Waals surface area (Å²) in [5.41, 5.74) is 12.3. The second-order valence-corrected chi connectivity index (χ2v) is 4.92. The Morgan fingerprint density at radius 2 is 1.89 bits per heavy atom. The summed E-state index contributed by atoms with van der Waals surface area (Å²) in [5, 5.41) is 0. The van der Waals surface area contributed by atoms with Crippen LogP contribution in [0.1, 0.15) is 32.3 Å². The maximum Gasteiger partial charge on any atom is 0.237 e. The number of anilines is 1. The predicted octanol–water partition coefficient (Wildman–Crippen LogP) is 1.09. The summed E-state index contributed by atoms with van der Waals surface area (Å²) >= 11 is 0. The number of nitrogens with two attached hydrogens (primary N) is 2. The maximum absolute atomic E-state index is 12.4. The Hall–Kier alpha value is -2.04. The number of nitrogens with zero attached hydrogens (tertiary/aromatic N) is 1. The van der Waals surface area contributed by atoms with Crippen LogP contribution in [0.2, 0.25) is 0 Å². The van der Waals surface area contributed by atoms with Crippen LogP contribution in [-0.4, -0.2) is 29.3 Å². The van der Waals surface area contributed by atoms with Crippen molar-refractivity contribution in [3.05, 3.63) is 29.8 Å². The van der Waals surface area contributed by atoms with Crippen molar-refractivity contribution >= 4 is 17.5 Å². The number of hydrogen-bond donors (Lipinski definition) is 2. The molecule has 1 aromatic carbocycles. The fourth-order valence-corrected chi connectivity index (χ4v) is 1.90. The van der Waals surface area contributed by atoms with Crippen LogP contribution in [0.15, 0.2) is 24.3 Å². The molecule has 0 bridgehead atoms. The highest BCUT2D eigenvalue weighted by molar-refractivity contribution is 5.88. The summed E-state index contributed by atoms with van der Waals surface area (Å²) in [5.74, 6) is -0.994.